The number of hydrogen-bond donors (Lipinski definition) is 1. The summed E-state index contributed by atoms with van der Waals surface area (Å²) in [6, 6.07) is 5.70. The molecule has 0 aliphatic rings. The van der Waals surface area contributed by atoms with Crippen LogP contribution in [0, 0.1) is 0 Å². The first-order valence-corrected chi connectivity index (χ1v) is 9.46. The molecule has 1 N–H and O–H groups in total. The van der Waals surface area contributed by atoms with Crippen LogP contribution in [0.15, 0.2) is 55.6 Å². The third kappa shape index (κ3) is 3.52. The Morgan fingerprint density at radius 2 is 1.96 bits per heavy atom. The predicted molar refractivity (Wildman–Crippen MR) is 107 cm³/mol. The van der Waals surface area contributed by atoms with Gasteiger partial charge in [0.25, 0.3) is 5.91 Å². The lowest BCUT2D eigenvalue weighted by atomic mass is 10.1. The van der Waals surface area contributed by atoms with Gasteiger partial charge in [-0.2, -0.15) is 0 Å². The van der Waals surface area contributed by atoms with Gasteiger partial charge in [0.05, 0.1) is 36.3 Å². The van der Waals surface area contributed by atoms with E-state index in [0.29, 0.717) is 16.5 Å². The van der Waals surface area contributed by atoms with Gasteiger partial charge in [-0.15, -0.1) is 11.3 Å². The first-order chi connectivity index (χ1) is 13.6. The summed E-state index contributed by atoms with van der Waals surface area (Å²) in [5.41, 5.74) is 2.60. The van der Waals surface area contributed by atoms with Crippen LogP contribution in [-0.2, 0) is 0 Å². The lowest BCUT2D eigenvalue weighted by molar-refractivity contribution is 0.102. The van der Waals surface area contributed by atoms with Gasteiger partial charge in [-0.3, -0.25) is 19.7 Å². The van der Waals surface area contributed by atoms with Gasteiger partial charge >= 0.3 is 0 Å². The van der Waals surface area contributed by atoms with Gasteiger partial charge < -0.3 is 0 Å². The topological polar surface area (TPSA) is 98.5 Å². The molecule has 4 aromatic heterocycles. The van der Waals surface area contributed by atoms with E-state index in [1.54, 1.807) is 29.5 Å². The summed E-state index contributed by atoms with van der Waals surface area (Å²) in [6.07, 6.45) is 9.45. The van der Waals surface area contributed by atoms with E-state index >= 15 is 0 Å². The summed E-state index contributed by atoms with van der Waals surface area (Å²) in [5, 5.41) is 3.40. The molecule has 140 valence electrons. The monoisotopic (exact) mass is 391 g/mol. The minimum absolute atomic E-state index is 0.257. The maximum Gasteiger partial charge on any atom is 0.276 e. The zero-order valence-electron chi connectivity index (χ0n) is 15.3. The van der Waals surface area contributed by atoms with Gasteiger partial charge in [0, 0.05) is 11.1 Å². The highest BCUT2D eigenvalue weighted by molar-refractivity contribution is 7.16. The van der Waals surface area contributed by atoms with Crippen LogP contribution in [0.4, 0.5) is 5.13 Å². The van der Waals surface area contributed by atoms with Crippen molar-refractivity contribution in [3.63, 3.8) is 0 Å². The van der Waals surface area contributed by atoms with Crippen LogP contribution in [0.2, 0.25) is 0 Å². The molecule has 1 amide bonds. The molecule has 0 bridgehead atoms. The molecule has 0 radical (unpaired) electrons. The minimum atomic E-state index is -0.307. The number of amides is 1. The smallest absolute Gasteiger partial charge is 0.276 e. The lowest BCUT2D eigenvalue weighted by Gasteiger charge is -2.06. The summed E-state index contributed by atoms with van der Waals surface area (Å²) in [5.74, 6) is -0.0508. The number of carbonyl (C=O) groups is 1. The second-order valence-electron chi connectivity index (χ2n) is 6.30. The van der Waals surface area contributed by atoms with E-state index in [9.17, 15) is 4.79 Å². The molecule has 0 atom stereocenters. The minimum Gasteiger partial charge on any atom is -0.296 e. The van der Waals surface area contributed by atoms with Gasteiger partial charge in [0.15, 0.2) is 5.13 Å². The number of nitrogens with zero attached hydrogens (tertiary/aromatic N) is 6. The van der Waals surface area contributed by atoms with Crippen molar-refractivity contribution in [1.29, 1.82) is 0 Å². The Morgan fingerprint density at radius 1 is 1.14 bits per heavy atom. The molecule has 4 aromatic rings. The first kappa shape index (κ1) is 17.9. The summed E-state index contributed by atoms with van der Waals surface area (Å²) in [4.78, 5) is 35.0. The highest BCUT2D eigenvalue weighted by Gasteiger charge is 2.20. The van der Waals surface area contributed by atoms with Crippen LogP contribution in [0.3, 0.4) is 0 Å². The zero-order valence-corrected chi connectivity index (χ0v) is 16.1. The molecule has 0 aliphatic heterocycles. The number of carbonyl (C=O) groups excluding carboxylic acids is 1. The molecule has 0 aromatic carbocycles. The van der Waals surface area contributed by atoms with E-state index in [1.807, 2.05) is 18.2 Å². The molecular formula is C19H17N7OS. The Bertz CT molecular complexity index is 1090. The van der Waals surface area contributed by atoms with Crippen LogP contribution in [-0.4, -0.2) is 35.4 Å². The van der Waals surface area contributed by atoms with Gasteiger partial charge in [0.2, 0.25) is 0 Å². The Morgan fingerprint density at radius 3 is 2.68 bits per heavy atom. The Kier molecular flexibility index (Phi) is 4.90. The van der Waals surface area contributed by atoms with Crippen molar-refractivity contribution in [2.24, 2.45) is 0 Å². The number of aromatic nitrogens is 6. The fourth-order valence-corrected chi connectivity index (χ4v) is 3.68. The molecule has 0 fully saturated rings. The fraction of sp³-hybridized carbons (Fsp3) is 0.158. The number of nitrogens with one attached hydrogen (secondary N) is 1. The Labute approximate surface area is 165 Å². The molecule has 9 heteroatoms. The second-order valence-corrected chi connectivity index (χ2v) is 7.33. The first-order valence-electron chi connectivity index (χ1n) is 8.64. The SMILES string of the molecule is CC(C)c1sc(NC(=O)c2cncn2-c2cncnc2)nc1-c1ccccn1. The third-order valence-electron chi connectivity index (χ3n) is 4.00. The molecule has 0 saturated heterocycles. The van der Waals surface area contributed by atoms with Crippen molar-refractivity contribution < 1.29 is 4.79 Å². The van der Waals surface area contributed by atoms with Crippen molar-refractivity contribution in [3.05, 3.63) is 66.2 Å². The molecule has 8 nitrogen and oxygen atoms in total. The highest BCUT2D eigenvalue weighted by Crippen LogP contribution is 2.35. The summed E-state index contributed by atoms with van der Waals surface area (Å²) < 4.78 is 1.63. The van der Waals surface area contributed by atoms with Gasteiger partial charge in [-0.25, -0.2) is 19.9 Å². The summed E-state index contributed by atoms with van der Waals surface area (Å²) in [6.45, 7) is 4.19. The zero-order chi connectivity index (χ0) is 19.5. The van der Waals surface area contributed by atoms with E-state index in [1.165, 1.54) is 23.9 Å². The molecular weight excluding hydrogens is 374 g/mol. The standard InChI is InChI=1S/C19H17N7OS/c1-12(2)17-16(14-5-3-4-6-23-14)24-19(28-17)25-18(27)15-9-22-11-26(15)13-7-20-10-21-8-13/h3-12H,1-2H3,(H,24,25,27). The van der Waals surface area contributed by atoms with E-state index in [-0.39, 0.29) is 11.8 Å². The maximum absolute atomic E-state index is 12.8. The number of anilines is 1. The van der Waals surface area contributed by atoms with Crippen LogP contribution in [0.25, 0.3) is 17.1 Å². The average Bonchev–Trinajstić information content (AvgIpc) is 3.37. The predicted octanol–water partition coefficient (Wildman–Crippen LogP) is 3.56. The molecule has 0 aliphatic carbocycles. The van der Waals surface area contributed by atoms with Crippen molar-refractivity contribution in [2.45, 2.75) is 19.8 Å². The van der Waals surface area contributed by atoms with E-state index in [2.05, 4.69) is 44.1 Å². The summed E-state index contributed by atoms with van der Waals surface area (Å²) >= 11 is 1.45. The molecule has 4 rings (SSSR count). The van der Waals surface area contributed by atoms with E-state index in [4.69, 9.17) is 0 Å². The van der Waals surface area contributed by atoms with Crippen LogP contribution in [0.5, 0.6) is 0 Å². The third-order valence-corrected chi connectivity index (χ3v) is 5.27. The van der Waals surface area contributed by atoms with Gasteiger partial charge in [-0.1, -0.05) is 19.9 Å². The van der Waals surface area contributed by atoms with E-state index < -0.39 is 0 Å². The highest BCUT2D eigenvalue weighted by atomic mass is 32.1. The number of pyridine rings is 1. The van der Waals surface area contributed by atoms with Crippen LogP contribution >= 0.6 is 11.3 Å². The van der Waals surface area contributed by atoms with E-state index in [0.717, 1.165) is 16.3 Å². The molecule has 0 saturated carbocycles. The van der Waals surface area contributed by atoms with Gasteiger partial charge in [0.1, 0.15) is 17.7 Å². The van der Waals surface area contributed by atoms with Crippen LogP contribution in [0.1, 0.15) is 35.1 Å². The average molecular weight is 391 g/mol. The lowest BCUT2D eigenvalue weighted by Crippen LogP contribution is -2.16. The Hall–Kier alpha value is -3.46. The molecule has 4 heterocycles. The van der Waals surface area contributed by atoms with Crippen molar-refractivity contribution in [2.75, 3.05) is 5.32 Å². The normalized spacial score (nSPS) is 11.0. The quantitative estimate of drug-likeness (QED) is 0.558. The van der Waals surface area contributed by atoms with Crippen molar-refractivity contribution in [3.8, 4) is 17.1 Å². The maximum atomic E-state index is 12.8. The number of rotatable bonds is 5. The second kappa shape index (κ2) is 7.65. The number of thiazole rings is 1. The largest absolute Gasteiger partial charge is 0.296 e. The van der Waals surface area contributed by atoms with Crippen molar-refractivity contribution in [1.82, 2.24) is 29.5 Å². The van der Waals surface area contributed by atoms with Crippen LogP contribution < -0.4 is 5.32 Å². The molecule has 0 unspecified atom stereocenters. The van der Waals surface area contributed by atoms with Gasteiger partial charge in [-0.05, 0) is 18.1 Å². The summed E-state index contributed by atoms with van der Waals surface area (Å²) in [7, 11) is 0. The fourth-order valence-electron chi connectivity index (χ4n) is 2.71. The number of hydrogen-bond acceptors (Lipinski definition) is 7. The molecule has 0 spiro atoms. The molecule has 28 heavy (non-hydrogen) atoms. The number of imidazole rings is 1. The Balaban J connectivity index is 1.64. The van der Waals surface area contributed by atoms with Crippen molar-refractivity contribution >= 4 is 22.4 Å².